The van der Waals surface area contributed by atoms with E-state index in [9.17, 15) is 14.9 Å². The van der Waals surface area contributed by atoms with Crippen LogP contribution < -0.4 is 10.1 Å². The van der Waals surface area contributed by atoms with Crippen molar-refractivity contribution in [2.45, 2.75) is 13.0 Å². The minimum Gasteiger partial charge on any atom is -0.481 e. The van der Waals surface area contributed by atoms with Gasteiger partial charge in [0.05, 0.1) is 15.6 Å². The van der Waals surface area contributed by atoms with Crippen LogP contribution in [0.25, 0.3) is 0 Å². The lowest BCUT2D eigenvalue weighted by Gasteiger charge is -2.15. The van der Waals surface area contributed by atoms with E-state index < -0.39 is 16.9 Å². The van der Waals surface area contributed by atoms with Crippen molar-refractivity contribution in [3.8, 4) is 5.75 Å². The SMILES string of the molecule is CC(Oc1ccccc1)C(=O)Nc1cc(Cl)c([N+](=O)[O-])cc1Cl. The molecule has 0 saturated carbocycles. The molecule has 0 fully saturated rings. The van der Waals surface area contributed by atoms with Crippen molar-refractivity contribution in [2.24, 2.45) is 0 Å². The standard InChI is InChI=1S/C15H12Cl2N2O4/c1-9(23-10-5-3-2-4-6-10)15(20)18-13-7-12(17)14(19(21)22)8-11(13)16/h2-9H,1H3,(H,18,20). The van der Waals surface area contributed by atoms with Crippen LogP contribution in [-0.2, 0) is 4.79 Å². The van der Waals surface area contributed by atoms with E-state index in [-0.39, 0.29) is 21.4 Å². The maximum Gasteiger partial charge on any atom is 0.289 e. The molecule has 2 aromatic carbocycles. The number of carbonyl (C=O) groups is 1. The third-order valence-electron chi connectivity index (χ3n) is 2.92. The molecule has 2 aromatic rings. The zero-order chi connectivity index (χ0) is 17.0. The third kappa shape index (κ3) is 4.34. The lowest BCUT2D eigenvalue weighted by Crippen LogP contribution is -2.30. The number of ether oxygens (including phenoxy) is 1. The van der Waals surface area contributed by atoms with Crippen molar-refractivity contribution in [3.63, 3.8) is 0 Å². The molecule has 1 unspecified atom stereocenters. The van der Waals surface area contributed by atoms with Gasteiger partial charge < -0.3 is 10.1 Å². The second-order valence-electron chi connectivity index (χ2n) is 4.60. The molecule has 1 atom stereocenters. The van der Waals surface area contributed by atoms with Gasteiger partial charge >= 0.3 is 0 Å². The molecule has 0 heterocycles. The van der Waals surface area contributed by atoms with Gasteiger partial charge in [0.15, 0.2) is 6.10 Å². The van der Waals surface area contributed by atoms with E-state index in [1.165, 1.54) is 6.07 Å². The van der Waals surface area contributed by atoms with Gasteiger partial charge in [-0.05, 0) is 25.1 Å². The number of halogens is 2. The summed E-state index contributed by atoms with van der Waals surface area (Å²) in [5.41, 5.74) is -0.154. The summed E-state index contributed by atoms with van der Waals surface area (Å²) in [4.78, 5) is 22.2. The van der Waals surface area contributed by atoms with Crippen molar-refractivity contribution >= 4 is 40.5 Å². The van der Waals surface area contributed by atoms with Crippen molar-refractivity contribution < 1.29 is 14.5 Å². The highest BCUT2D eigenvalue weighted by Gasteiger charge is 2.20. The van der Waals surface area contributed by atoms with E-state index in [0.29, 0.717) is 5.75 Å². The van der Waals surface area contributed by atoms with Crippen molar-refractivity contribution in [2.75, 3.05) is 5.32 Å². The topological polar surface area (TPSA) is 81.5 Å². The van der Waals surface area contributed by atoms with Gasteiger partial charge in [-0.3, -0.25) is 14.9 Å². The molecular formula is C15H12Cl2N2O4. The van der Waals surface area contributed by atoms with Crippen LogP contribution in [0.3, 0.4) is 0 Å². The van der Waals surface area contributed by atoms with E-state index in [1.54, 1.807) is 31.2 Å². The molecule has 0 aromatic heterocycles. The number of benzene rings is 2. The first-order valence-electron chi connectivity index (χ1n) is 6.54. The van der Waals surface area contributed by atoms with Crippen LogP contribution in [0.1, 0.15) is 6.92 Å². The summed E-state index contributed by atoms with van der Waals surface area (Å²) in [6, 6.07) is 11.2. The van der Waals surface area contributed by atoms with Crippen LogP contribution in [0.2, 0.25) is 10.0 Å². The zero-order valence-electron chi connectivity index (χ0n) is 12.0. The quantitative estimate of drug-likeness (QED) is 0.640. The van der Waals surface area contributed by atoms with E-state index in [1.807, 2.05) is 6.07 Å². The van der Waals surface area contributed by atoms with Crippen LogP contribution in [0.15, 0.2) is 42.5 Å². The van der Waals surface area contributed by atoms with Gasteiger partial charge in [-0.1, -0.05) is 41.4 Å². The average Bonchev–Trinajstić information content (AvgIpc) is 2.51. The van der Waals surface area contributed by atoms with Gasteiger partial charge in [-0.2, -0.15) is 0 Å². The van der Waals surface area contributed by atoms with E-state index >= 15 is 0 Å². The lowest BCUT2D eigenvalue weighted by atomic mass is 10.2. The highest BCUT2D eigenvalue weighted by atomic mass is 35.5. The molecule has 0 aliphatic carbocycles. The molecule has 120 valence electrons. The Balaban J connectivity index is 2.11. The summed E-state index contributed by atoms with van der Waals surface area (Å²) in [7, 11) is 0. The predicted molar refractivity (Wildman–Crippen MR) is 88.3 cm³/mol. The van der Waals surface area contributed by atoms with Gasteiger partial charge in [-0.15, -0.1) is 0 Å². The number of nitrogens with one attached hydrogen (secondary N) is 1. The number of anilines is 1. The number of nitro groups is 1. The molecule has 0 saturated heterocycles. The number of carbonyl (C=O) groups excluding carboxylic acids is 1. The van der Waals surface area contributed by atoms with Gasteiger partial charge in [0.2, 0.25) is 0 Å². The fourth-order valence-corrected chi connectivity index (χ4v) is 2.20. The van der Waals surface area contributed by atoms with E-state index in [0.717, 1.165) is 6.07 Å². The molecule has 2 rings (SSSR count). The Kier molecular flexibility index (Phi) is 5.41. The fourth-order valence-electron chi connectivity index (χ4n) is 1.76. The van der Waals surface area contributed by atoms with Gasteiger partial charge in [0.1, 0.15) is 10.8 Å². The number of rotatable bonds is 5. The summed E-state index contributed by atoms with van der Waals surface area (Å²) in [5, 5.41) is 13.2. The number of nitro benzene ring substituents is 1. The van der Waals surface area contributed by atoms with Crippen molar-refractivity contribution in [1.29, 1.82) is 0 Å². The van der Waals surface area contributed by atoms with E-state index in [4.69, 9.17) is 27.9 Å². The average molecular weight is 355 g/mol. The van der Waals surface area contributed by atoms with Crippen LogP contribution in [0.4, 0.5) is 11.4 Å². The monoisotopic (exact) mass is 354 g/mol. The molecule has 8 heteroatoms. The summed E-state index contributed by atoms with van der Waals surface area (Å²) < 4.78 is 5.48. The largest absolute Gasteiger partial charge is 0.481 e. The summed E-state index contributed by atoms with van der Waals surface area (Å²) >= 11 is 11.7. The highest BCUT2D eigenvalue weighted by molar-refractivity contribution is 6.37. The summed E-state index contributed by atoms with van der Waals surface area (Å²) in [5.74, 6) is 0.0867. The smallest absolute Gasteiger partial charge is 0.289 e. The summed E-state index contributed by atoms with van der Waals surface area (Å²) in [6.07, 6.45) is -0.789. The Bertz CT molecular complexity index is 738. The van der Waals surface area contributed by atoms with Crippen molar-refractivity contribution in [3.05, 3.63) is 62.6 Å². The molecule has 0 bridgehead atoms. The Morgan fingerprint density at radius 2 is 1.87 bits per heavy atom. The first-order chi connectivity index (χ1) is 10.9. The Hall–Kier alpha value is -2.31. The Morgan fingerprint density at radius 3 is 2.48 bits per heavy atom. The van der Waals surface area contributed by atoms with Crippen LogP contribution in [-0.4, -0.2) is 16.9 Å². The second kappa shape index (κ2) is 7.30. The lowest BCUT2D eigenvalue weighted by molar-refractivity contribution is -0.384. The van der Waals surface area contributed by atoms with Crippen LogP contribution in [0.5, 0.6) is 5.75 Å². The molecule has 0 radical (unpaired) electrons. The van der Waals surface area contributed by atoms with Gasteiger partial charge in [0.25, 0.3) is 11.6 Å². The molecule has 0 spiro atoms. The van der Waals surface area contributed by atoms with Gasteiger partial charge in [-0.25, -0.2) is 0 Å². The fraction of sp³-hybridized carbons (Fsp3) is 0.133. The minimum atomic E-state index is -0.789. The molecule has 0 aliphatic rings. The normalized spacial score (nSPS) is 11.6. The predicted octanol–water partition coefficient (Wildman–Crippen LogP) is 4.31. The molecule has 1 amide bonds. The van der Waals surface area contributed by atoms with Crippen molar-refractivity contribution in [1.82, 2.24) is 0 Å². The second-order valence-corrected chi connectivity index (χ2v) is 5.42. The molecule has 1 N–H and O–H groups in total. The molecule has 6 nitrogen and oxygen atoms in total. The van der Waals surface area contributed by atoms with Crippen LogP contribution in [0, 0.1) is 10.1 Å². The highest BCUT2D eigenvalue weighted by Crippen LogP contribution is 2.34. The zero-order valence-corrected chi connectivity index (χ0v) is 13.5. The van der Waals surface area contributed by atoms with E-state index in [2.05, 4.69) is 5.32 Å². The number of hydrogen-bond acceptors (Lipinski definition) is 4. The number of amides is 1. The maximum atomic E-state index is 12.1. The Labute approximate surface area is 142 Å². The molecule has 23 heavy (non-hydrogen) atoms. The number of hydrogen-bond donors (Lipinski definition) is 1. The minimum absolute atomic E-state index is 0.0151. The van der Waals surface area contributed by atoms with Gasteiger partial charge in [0, 0.05) is 6.07 Å². The first kappa shape index (κ1) is 17.1. The number of nitrogens with zero attached hydrogens (tertiary/aromatic N) is 1. The maximum absolute atomic E-state index is 12.1. The third-order valence-corrected chi connectivity index (χ3v) is 3.53. The van der Waals surface area contributed by atoms with Crippen LogP contribution >= 0.6 is 23.2 Å². The first-order valence-corrected chi connectivity index (χ1v) is 7.30. The molecule has 0 aliphatic heterocycles. The Morgan fingerprint density at radius 1 is 1.22 bits per heavy atom. The summed E-state index contributed by atoms with van der Waals surface area (Å²) in [6.45, 7) is 1.57. The molecular weight excluding hydrogens is 343 g/mol. The number of para-hydroxylation sites is 1.